The Morgan fingerprint density at radius 2 is 1.77 bits per heavy atom. The molecule has 1 aliphatic rings. The first-order valence-electron chi connectivity index (χ1n) is 8.95. The third kappa shape index (κ3) is 5.28. The largest absolute Gasteiger partial charge is 0.453 e. The maximum Gasteiger partial charge on any atom is 0.306 e. The van der Waals surface area contributed by atoms with Crippen molar-refractivity contribution in [1.29, 1.82) is 0 Å². The number of ether oxygens (including phenoxy) is 1. The summed E-state index contributed by atoms with van der Waals surface area (Å²) in [6.45, 7) is 4.44. The molecule has 1 aromatic carbocycles. The van der Waals surface area contributed by atoms with Gasteiger partial charge < -0.3 is 10.1 Å². The summed E-state index contributed by atoms with van der Waals surface area (Å²) in [5, 5.41) is 2.62. The number of amides is 1. The number of anilines is 1. The van der Waals surface area contributed by atoms with Crippen LogP contribution in [0.2, 0.25) is 0 Å². The van der Waals surface area contributed by atoms with Crippen molar-refractivity contribution in [3.05, 3.63) is 24.3 Å². The molecule has 7 nitrogen and oxygen atoms in total. The van der Waals surface area contributed by atoms with Crippen LogP contribution in [0, 0.1) is 0 Å². The normalized spacial score (nSPS) is 16.7. The molecular weight excluding hydrogens is 356 g/mol. The minimum absolute atomic E-state index is 0.208. The average Bonchev–Trinajstić information content (AvgIpc) is 2.63. The fourth-order valence-corrected chi connectivity index (χ4v) is 4.24. The molecule has 0 saturated carbocycles. The highest BCUT2D eigenvalue weighted by molar-refractivity contribution is 7.89. The van der Waals surface area contributed by atoms with Crippen LogP contribution in [0.15, 0.2) is 29.2 Å². The van der Waals surface area contributed by atoms with Crippen LogP contribution in [0.4, 0.5) is 5.69 Å². The first-order valence-corrected chi connectivity index (χ1v) is 10.4. The molecule has 1 aliphatic heterocycles. The quantitative estimate of drug-likeness (QED) is 0.732. The lowest BCUT2D eigenvalue weighted by Crippen LogP contribution is -2.35. The highest BCUT2D eigenvalue weighted by Crippen LogP contribution is 2.22. The van der Waals surface area contributed by atoms with E-state index < -0.39 is 28.0 Å². The van der Waals surface area contributed by atoms with Gasteiger partial charge in [0.25, 0.3) is 5.91 Å². The summed E-state index contributed by atoms with van der Waals surface area (Å²) in [6.07, 6.45) is 2.81. The Kier molecular flexibility index (Phi) is 7.16. The number of piperidine rings is 1. The van der Waals surface area contributed by atoms with Crippen molar-refractivity contribution in [1.82, 2.24) is 4.31 Å². The first-order chi connectivity index (χ1) is 12.3. The van der Waals surface area contributed by atoms with Crippen molar-refractivity contribution in [3.63, 3.8) is 0 Å². The molecule has 0 spiro atoms. The van der Waals surface area contributed by atoms with Crippen molar-refractivity contribution >= 4 is 27.6 Å². The van der Waals surface area contributed by atoms with Crippen LogP contribution in [-0.4, -0.2) is 43.8 Å². The number of hydrogen-bond acceptors (Lipinski definition) is 5. The second-order valence-corrected chi connectivity index (χ2v) is 8.30. The monoisotopic (exact) mass is 382 g/mol. The van der Waals surface area contributed by atoms with E-state index in [4.69, 9.17) is 4.74 Å². The average molecular weight is 382 g/mol. The number of benzene rings is 1. The van der Waals surface area contributed by atoms with Crippen molar-refractivity contribution in [2.45, 2.75) is 57.0 Å². The Bertz CT molecular complexity index is 724. The topological polar surface area (TPSA) is 92.8 Å². The van der Waals surface area contributed by atoms with Crippen LogP contribution >= 0.6 is 0 Å². The van der Waals surface area contributed by atoms with Crippen molar-refractivity contribution < 1.29 is 22.7 Å². The number of esters is 1. The van der Waals surface area contributed by atoms with Gasteiger partial charge >= 0.3 is 5.97 Å². The Hall–Kier alpha value is -1.93. The molecule has 2 rings (SSSR count). The van der Waals surface area contributed by atoms with Crippen LogP contribution in [0.25, 0.3) is 0 Å². The zero-order valence-corrected chi connectivity index (χ0v) is 16.0. The third-order valence-electron chi connectivity index (χ3n) is 4.21. The van der Waals surface area contributed by atoms with Gasteiger partial charge in [0.2, 0.25) is 10.0 Å². The number of nitrogens with zero attached hydrogens (tertiary/aromatic N) is 1. The molecule has 144 valence electrons. The molecule has 26 heavy (non-hydrogen) atoms. The predicted molar refractivity (Wildman–Crippen MR) is 98.1 cm³/mol. The van der Waals surface area contributed by atoms with Gasteiger partial charge in [0.1, 0.15) is 0 Å². The molecule has 1 amide bonds. The summed E-state index contributed by atoms with van der Waals surface area (Å²) in [6, 6.07) is 6.03. The van der Waals surface area contributed by atoms with E-state index in [1.54, 1.807) is 0 Å². The van der Waals surface area contributed by atoms with Crippen molar-refractivity contribution in [2.75, 3.05) is 18.4 Å². The molecule has 0 aliphatic carbocycles. The second-order valence-electron chi connectivity index (χ2n) is 6.36. The number of rotatable bonds is 7. The zero-order chi connectivity index (χ0) is 19.2. The fraction of sp³-hybridized carbons (Fsp3) is 0.556. The summed E-state index contributed by atoms with van der Waals surface area (Å²) in [4.78, 5) is 23.7. The predicted octanol–water partition coefficient (Wildman–Crippen LogP) is 2.53. The zero-order valence-electron chi connectivity index (χ0n) is 15.2. The maximum atomic E-state index is 12.6. The van der Waals surface area contributed by atoms with Gasteiger partial charge in [0.15, 0.2) is 6.10 Å². The minimum atomic E-state index is -3.49. The van der Waals surface area contributed by atoms with E-state index in [9.17, 15) is 18.0 Å². The van der Waals surface area contributed by atoms with E-state index in [1.165, 1.54) is 35.5 Å². The first kappa shape index (κ1) is 20.4. The van der Waals surface area contributed by atoms with Crippen molar-refractivity contribution in [3.8, 4) is 0 Å². The van der Waals surface area contributed by atoms with Gasteiger partial charge in [0, 0.05) is 25.2 Å². The summed E-state index contributed by atoms with van der Waals surface area (Å²) < 4.78 is 31.7. The summed E-state index contributed by atoms with van der Waals surface area (Å²) in [5.74, 6) is -0.876. The van der Waals surface area contributed by atoms with Crippen LogP contribution < -0.4 is 5.32 Å². The molecule has 1 atom stereocenters. The van der Waals surface area contributed by atoms with Crippen LogP contribution in [0.3, 0.4) is 0 Å². The van der Waals surface area contributed by atoms with Gasteiger partial charge in [-0.1, -0.05) is 13.3 Å². The molecule has 8 heteroatoms. The lowest BCUT2D eigenvalue weighted by atomic mass is 10.2. The van der Waals surface area contributed by atoms with E-state index >= 15 is 0 Å². The van der Waals surface area contributed by atoms with Gasteiger partial charge in [-0.05, 0) is 50.5 Å². The standard InChI is InChI=1S/C18H26N2O5S/c1-3-7-17(21)25-14(2)18(22)19-15-8-10-16(11-9-15)26(23,24)20-12-5-4-6-13-20/h8-11,14H,3-7,12-13H2,1-2H3,(H,19,22)/t14-/m1/s1. The molecule has 0 aromatic heterocycles. The smallest absolute Gasteiger partial charge is 0.306 e. The number of sulfonamides is 1. The van der Waals surface area contributed by atoms with Gasteiger partial charge in [0.05, 0.1) is 4.90 Å². The lowest BCUT2D eigenvalue weighted by Gasteiger charge is -2.25. The number of hydrogen-bond donors (Lipinski definition) is 1. The summed E-state index contributed by atoms with van der Waals surface area (Å²) >= 11 is 0. The SMILES string of the molecule is CCCC(=O)O[C@H](C)C(=O)Nc1ccc(S(=O)(=O)N2CCCCC2)cc1. The molecule has 1 saturated heterocycles. The van der Waals surface area contributed by atoms with E-state index in [0.29, 0.717) is 25.2 Å². The molecule has 1 N–H and O–H groups in total. The Morgan fingerprint density at radius 3 is 2.35 bits per heavy atom. The lowest BCUT2D eigenvalue weighted by molar-refractivity contribution is -0.153. The van der Waals surface area contributed by atoms with Gasteiger partial charge in [-0.15, -0.1) is 0 Å². The molecule has 1 aromatic rings. The van der Waals surface area contributed by atoms with E-state index in [-0.39, 0.29) is 11.3 Å². The van der Waals surface area contributed by atoms with E-state index in [2.05, 4.69) is 5.32 Å². The second kappa shape index (κ2) is 9.14. The molecular formula is C18H26N2O5S. The number of nitrogens with one attached hydrogen (secondary N) is 1. The molecule has 0 bridgehead atoms. The Morgan fingerprint density at radius 1 is 1.15 bits per heavy atom. The molecule has 1 heterocycles. The maximum absolute atomic E-state index is 12.6. The highest BCUT2D eigenvalue weighted by atomic mass is 32.2. The molecule has 0 unspecified atom stereocenters. The molecule has 0 radical (unpaired) electrons. The number of carbonyl (C=O) groups is 2. The highest BCUT2D eigenvalue weighted by Gasteiger charge is 2.26. The van der Waals surface area contributed by atoms with Gasteiger partial charge in [-0.25, -0.2) is 8.42 Å². The Labute approximate surface area is 154 Å². The summed E-state index contributed by atoms with van der Waals surface area (Å²) in [5.41, 5.74) is 0.450. The van der Waals surface area contributed by atoms with Crippen molar-refractivity contribution in [2.24, 2.45) is 0 Å². The third-order valence-corrected chi connectivity index (χ3v) is 6.12. The van der Waals surface area contributed by atoms with E-state index in [1.807, 2.05) is 6.92 Å². The van der Waals surface area contributed by atoms with Crippen LogP contribution in [0.5, 0.6) is 0 Å². The van der Waals surface area contributed by atoms with E-state index in [0.717, 1.165) is 19.3 Å². The van der Waals surface area contributed by atoms with Gasteiger partial charge in [-0.2, -0.15) is 4.31 Å². The van der Waals surface area contributed by atoms with Crippen LogP contribution in [0.1, 0.15) is 46.0 Å². The summed E-state index contributed by atoms with van der Waals surface area (Å²) in [7, 11) is -3.49. The number of carbonyl (C=O) groups excluding carboxylic acids is 2. The fourth-order valence-electron chi connectivity index (χ4n) is 2.72. The van der Waals surface area contributed by atoms with Gasteiger partial charge in [-0.3, -0.25) is 9.59 Å². The minimum Gasteiger partial charge on any atom is -0.453 e. The van der Waals surface area contributed by atoms with Crippen LogP contribution in [-0.2, 0) is 24.3 Å². The molecule has 1 fully saturated rings. The Balaban J connectivity index is 1.98.